The van der Waals surface area contributed by atoms with Crippen LogP contribution in [0.5, 0.6) is 0 Å². The minimum Gasteiger partial charge on any atom is -0.361 e. The minimum absolute atomic E-state index is 0.281. The lowest BCUT2D eigenvalue weighted by atomic mass is 10.1. The van der Waals surface area contributed by atoms with Gasteiger partial charge in [-0.15, -0.1) is 5.11 Å². The summed E-state index contributed by atoms with van der Waals surface area (Å²) >= 11 is 0. The van der Waals surface area contributed by atoms with E-state index in [2.05, 4.69) is 20.7 Å². The average Bonchev–Trinajstić information content (AvgIpc) is 2.95. The molecular weight excluding hydrogens is 328 g/mol. The van der Waals surface area contributed by atoms with Crippen LogP contribution in [0.2, 0.25) is 0 Å². The first kappa shape index (κ1) is 17.5. The molecule has 0 aliphatic rings. The lowest BCUT2D eigenvalue weighted by molar-refractivity contribution is 0.102. The van der Waals surface area contributed by atoms with Crippen LogP contribution in [0.4, 0.5) is 17.1 Å². The molecule has 0 aliphatic carbocycles. The van der Waals surface area contributed by atoms with Gasteiger partial charge in [0.05, 0.1) is 17.1 Å². The summed E-state index contributed by atoms with van der Waals surface area (Å²) in [6.45, 7) is 7.43. The van der Waals surface area contributed by atoms with Crippen molar-refractivity contribution in [3.05, 3.63) is 70.6 Å². The van der Waals surface area contributed by atoms with Crippen molar-refractivity contribution >= 4 is 23.0 Å². The molecule has 2 aromatic carbocycles. The van der Waals surface area contributed by atoms with E-state index in [1.165, 1.54) is 0 Å². The van der Waals surface area contributed by atoms with E-state index in [1.807, 2.05) is 56.3 Å². The van der Waals surface area contributed by atoms with Crippen molar-refractivity contribution in [2.24, 2.45) is 10.2 Å². The van der Waals surface area contributed by atoms with Gasteiger partial charge in [0.15, 0.2) is 0 Å². The van der Waals surface area contributed by atoms with Gasteiger partial charge in [-0.25, -0.2) is 0 Å². The quantitative estimate of drug-likeness (QED) is 0.625. The zero-order valence-corrected chi connectivity index (χ0v) is 15.2. The molecule has 1 amide bonds. The molecule has 3 rings (SSSR count). The lowest BCUT2D eigenvalue weighted by Gasteiger charge is -2.08. The van der Waals surface area contributed by atoms with Crippen LogP contribution < -0.4 is 5.32 Å². The zero-order chi connectivity index (χ0) is 18.7. The molecule has 0 fully saturated rings. The van der Waals surface area contributed by atoms with Gasteiger partial charge in [0.25, 0.3) is 5.91 Å². The van der Waals surface area contributed by atoms with Crippen LogP contribution in [0.25, 0.3) is 0 Å². The fraction of sp³-hybridized carbons (Fsp3) is 0.200. The first-order valence-corrected chi connectivity index (χ1v) is 8.27. The fourth-order valence-electron chi connectivity index (χ4n) is 2.55. The van der Waals surface area contributed by atoms with Crippen molar-refractivity contribution in [1.29, 1.82) is 0 Å². The molecule has 0 saturated carbocycles. The Morgan fingerprint density at radius 1 is 0.962 bits per heavy atom. The van der Waals surface area contributed by atoms with Crippen molar-refractivity contribution in [1.82, 2.24) is 5.16 Å². The van der Waals surface area contributed by atoms with Crippen molar-refractivity contribution in [2.45, 2.75) is 27.7 Å². The Hall–Kier alpha value is -3.28. The number of hydrogen-bond donors (Lipinski definition) is 1. The van der Waals surface area contributed by atoms with Gasteiger partial charge in [-0.3, -0.25) is 4.79 Å². The smallest absolute Gasteiger partial charge is 0.261 e. The molecule has 0 saturated heterocycles. The number of nitrogens with one attached hydrogen (secondary N) is 1. The van der Waals surface area contributed by atoms with Crippen LogP contribution in [0.3, 0.4) is 0 Å². The molecule has 6 nitrogen and oxygen atoms in total. The van der Waals surface area contributed by atoms with Gasteiger partial charge in [-0.2, -0.15) is 5.11 Å². The molecule has 0 bridgehead atoms. The van der Waals surface area contributed by atoms with Crippen LogP contribution in [-0.2, 0) is 0 Å². The predicted octanol–water partition coefficient (Wildman–Crippen LogP) is 5.58. The molecule has 1 N–H and O–H groups in total. The summed E-state index contributed by atoms with van der Waals surface area (Å²) in [5.41, 5.74) is 5.09. The molecule has 0 aliphatic heterocycles. The number of rotatable bonds is 4. The standard InChI is InChI=1S/C20H20N4O2/c1-12-5-8-16(9-6-12)22-23-18-11-13(2)7-10-17(18)21-20(25)19-14(3)24-26-15(19)4/h5-11H,1-4H3,(H,21,25). The normalized spacial score (nSPS) is 11.1. The van der Waals surface area contributed by atoms with Gasteiger partial charge in [0.2, 0.25) is 0 Å². The Kier molecular flexibility index (Phi) is 4.93. The van der Waals surface area contributed by atoms with Crippen LogP contribution in [0, 0.1) is 27.7 Å². The maximum atomic E-state index is 12.6. The van der Waals surface area contributed by atoms with E-state index < -0.39 is 0 Å². The summed E-state index contributed by atoms with van der Waals surface area (Å²) in [5.74, 6) is 0.201. The monoisotopic (exact) mass is 348 g/mol. The molecule has 0 unspecified atom stereocenters. The summed E-state index contributed by atoms with van der Waals surface area (Å²) in [6.07, 6.45) is 0. The Labute approximate surface area is 151 Å². The van der Waals surface area contributed by atoms with Gasteiger partial charge in [0.1, 0.15) is 17.0 Å². The Balaban J connectivity index is 1.88. The van der Waals surface area contributed by atoms with E-state index in [0.717, 1.165) is 16.8 Å². The summed E-state index contributed by atoms with van der Waals surface area (Å²) < 4.78 is 5.07. The van der Waals surface area contributed by atoms with Gasteiger partial charge in [-0.05, 0) is 57.5 Å². The van der Waals surface area contributed by atoms with E-state index in [4.69, 9.17) is 4.52 Å². The highest BCUT2D eigenvalue weighted by Gasteiger charge is 2.18. The number of nitrogens with zero attached hydrogens (tertiary/aromatic N) is 3. The molecule has 0 radical (unpaired) electrons. The number of azo groups is 1. The number of carbonyl (C=O) groups is 1. The molecule has 132 valence electrons. The summed E-state index contributed by atoms with van der Waals surface area (Å²) in [4.78, 5) is 12.6. The van der Waals surface area contributed by atoms with Gasteiger partial charge < -0.3 is 9.84 Å². The van der Waals surface area contributed by atoms with E-state index in [1.54, 1.807) is 13.8 Å². The summed E-state index contributed by atoms with van der Waals surface area (Å²) in [7, 11) is 0. The topological polar surface area (TPSA) is 79.9 Å². The molecule has 1 heterocycles. The molecule has 0 spiro atoms. The Morgan fingerprint density at radius 3 is 2.31 bits per heavy atom. The SMILES string of the molecule is Cc1ccc(N=Nc2cc(C)ccc2NC(=O)c2c(C)noc2C)cc1. The molecule has 3 aromatic rings. The second-order valence-corrected chi connectivity index (χ2v) is 6.21. The first-order valence-electron chi connectivity index (χ1n) is 8.27. The molecule has 0 atom stereocenters. The number of carbonyl (C=O) groups excluding carboxylic acids is 1. The number of amides is 1. The molecular formula is C20H20N4O2. The molecule has 26 heavy (non-hydrogen) atoms. The number of anilines is 1. The predicted molar refractivity (Wildman–Crippen MR) is 100 cm³/mol. The third-order valence-corrected chi connectivity index (χ3v) is 3.97. The van der Waals surface area contributed by atoms with Crippen LogP contribution in [0.1, 0.15) is 32.9 Å². The van der Waals surface area contributed by atoms with E-state index in [-0.39, 0.29) is 5.91 Å². The van der Waals surface area contributed by atoms with Gasteiger partial charge in [-0.1, -0.05) is 28.9 Å². The van der Waals surface area contributed by atoms with Crippen molar-refractivity contribution in [3.63, 3.8) is 0 Å². The maximum absolute atomic E-state index is 12.6. The summed E-state index contributed by atoms with van der Waals surface area (Å²) in [6, 6.07) is 13.4. The second kappa shape index (κ2) is 7.31. The number of aryl methyl sites for hydroxylation is 4. The van der Waals surface area contributed by atoms with Crippen LogP contribution in [-0.4, -0.2) is 11.1 Å². The van der Waals surface area contributed by atoms with Crippen molar-refractivity contribution in [2.75, 3.05) is 5.32 Å². The second-order valence-electron chi connectivity index (χ2n) is 6.21. The van der Waals surface area contributed by atoms with Crippen LogP contribution >= 0.6 is 0 Å². The highest BCUT2D eigenvalue weighted by molar-refractivity contribution is 6.06. The average molecular weight is 348 g/mol. The van der Waals surface area contributed by atoms with E-state index in [9.17, 15) is 4.79 Å². The Morgan fingerprint density at radius 2 is 1.65 bits per heavy atom. The highest BCUT2D eigenvalue weighted by Crippen LogP contribution is 2.29. The van der Waals surface area contributed by atoms with E-state index >= 15 is 0 Å². The third-order valence-electron chi connectivity index (χ3n) is 3.97. The maximum Gasteiger partial charge on any atom is 0.261 e. The minimum atomic E-state index is -0.281. The van der Waals surface area contributed by atoms with E-state index in [0.29, 0.717) is 28.4 Å². The van der Waals surface area contributed by atoms with Crippen molar-refractivity contribution in [3.8, 4) is 0 Å². The zero-order valence-electron chi connectivity index (χ0n) is 15.2. The fourth-order valence-corrected chi connectivity index (χ4v) is 2.55. The number of benzene rings is 2. The first-order chi connectivity index (χ1) is 12.4. The highest BCUT2D eigenvalue weighted by atomic mass is 16.5. The lowest BCUT2D eigenvalue weighted by Crippen LogP contribution is -2.13. The summed E-state index contributed by atoms with van der Waals surface area (Å²) in [5, 5.41) is 15.3. The largest absolute Gasteiger partial charge is 0.361 e. The number of aromatic nitrogens is 1. The third kappa shape index (κ3) is 3.85. The molecule has 1 aromatic heterocycles. The molecule has 6 heteroatoms. The van der Waals surface area contributed by atoms with Gasteiger partial charge >= 0.3 is 0 Å². The Bertz CT molecular complexity index is 952. The number of hydrogen-bond acceptors (Lipinski definition) is 5. The van der Waals surface area contributed by atoms with Gasteiger partial charge in [0, 0.05) is 0 Å². The van der Waals surface area contributed by atoms with Crippen LogP contribution in [0.15, 0.2) is 57.2 Å². The van der Waals surface area contributed by atoms with Crippen molar-refractivity contribution < 1.29 is 9.32 Å².